The molecule has 6 heteroatoms. The largest absolute Gasteiger partial charge is 0.491 e. The normalized spacial score (nSPS) is 10.7. The molecule has 3 rings (SSSR count). The molecular formula is C20H19FN2O3. The Bertz CT molecular complexity index is 886. The summed E-state index contributed by atoms with van der Waals surface area (Å²) in [5.41, 5.74) is 2.40. The van der Waals surface area contributed by atoms with Gasteiger partial charge in [-0.05, 0) is 48.5 Å². The van der Waals surface area contributed by atoms with Crippen molar-refractivity contribution in [2.45, 2.75) is 6.92 Å². The Labute approximate surface area is 150 Å². The molecule has 0 saturated carbocycles. The third-order valence-electron chi connectivity index (χ3n) is 3.86. The monoisotopic (exact) mass is 354 g/mol. The van der Waals surface area contributed by atoms with E-state index in [4.69, 9.17) is 9.47 Å². The number of ketones is 1. The molecule has 5 nitrogen and oxygen atoms in total. The van der Waals surface area contributed by atoms with Crippen LogP contribution in [0.15, 0.2) is 48.5 Å². The van der Waals surface area contributed by atoms with E-state index in [1.807, 2.05) is 24.3 Å². The maximum absolute atomic E-state index is 13.2. The van der Waals surface area contributed by atoms with Crippen LogP contribution in [-0.2, 0) is 4.74 Å². The fourth-order valence-corrected chi connectivity index (χ4v) is 2.53. The number of hydrogen-bond acceptors (Lipinski definition) is 4. The molecule has 0 aliphatic rings. The Morgan fingerprint density at radius 3 is 2.31 bits per heavy atom. The van der Waals surface area contributed by atoms with Crippen molar-refractivity contribution < 1.29 is 18.7 Å². The summed E-state index contributed by atoms with van der Waals surface area (Å²) in [6.45, 7) is 2.46. The van der Waals surface area contributed by atoms with Crippen molar-refractivity contribution in [3.8, 4) is 28.4 Å². The van der Waals surface area contributed by atoms with E-state index in [0.717, 1.165) is 11.3 Å². The fraction of sp³-hybridized carbons (Fsp3) is 0.200. The molecule has 3 aromatic rings. The zero-order valence-corrected chi connectivity index (χ0v) is 14.6. The lowest BCUT2D eigenvalue weighted by Gasteiger charge is -2.05. The number of H-pyrrole nitrogens is 1. The molecule has 1 aromatic heterocycles. The summed E-state index contributed by atoms with van der Waals surface area (Å²) in [5.74, 6) is 0.821. The highest BCUT2D eigenvalue weighted by Gasteiger charge is 2.16. The number of hydrogen-bond donors (Lipinski definition) is 1. The van der Waals surface area contributed by atoms with E-state index >= 15 is 0 Å². The molecule has 0 spiro atoms. The number of nitrogens with zero attached hydrogens (tertiary/aromatic N) is 1. The Hall–Kier alpha value is -2.99. The highest BCUT2D eigenvalue weighted by molar-refractivity contribution is 5.99. The van der Waals surface area contributed by atoms with Gasteiger partial charge in [-0.2, -0.15) is 0 Å². The Morgan fingerprint density at radius 2 is 1.69 bits per heavy atom. The van der Waals surface area contributed by atoms with Crippen molar-refractivity contribution in [3.63, 3.8) is 0 Å². The second kappa shape index (κ2) is 7.93. The minimum absolute atomic E-state index is 0.136. The van der Waals surface area contributed by atoms with Crippen LogP contribution < -0.4 is 4.74 Å². The van der Waals surface area contributed by atoms with Crippen LogP contribution in [0.1, 0.15) is 17.4 Å². The first-order valence-corrected chi connectivity index (χ1v) is 8.17. The maximum atomic E-state index is 13.2. The summed E-state index contributed by atoms with van der Waals surface area (Å²) in [6, 6.07) is 13.3. The lowest BCUT2D eigenvalue weighted by atomic mass is 10.1. The zero-order valence-electron chi connectivity index (χ0n) is 14.6. The number of Topliss-reactive ketones (excluding diaryl/α,β-unsaturated/α-hetero) is 1. The molecule has 0 amide bonds. The van der Waals surface area contributed by atoms with Crippen molar-refractivity contribution in [1.29, 1.82) is 0 Å². The first kappa shape index (κ1) is 17.8. The zero-order chi connectivity index (χ0) is 18.5. The Morgan fingerprint density at radius 1 is 1.04 bits per heavy atom. The molecule has 0 atom stereocenters. The number of carbonyl (C=O) groups is 1. The molecule has 1 heterocycles. The number of ether oxygens (including phenoxy) is 2. The van der Waals surface area contributed by atoms with Crippen LogP contribution >= 0.6 is 0 Å². The number of nitrogens with one attached hydrogen (secondary N) is 1. The van der Waals surface area contributed by atoms with E-state index in [9.17, 15) is 9.18 Å². The lowest BCUT2D eigenvalue weighted by Crippen LogP contribution is -2.03. The molecule has 0 aliphatic carbocycles. The quantitative estimate of drug-likeness (QED) is 0.512. The standard InChI is InChI=1S/C20H19FN2O3/c1-13(24)18-19(14-3-7-16(21)8-4-14)23-20(22-18)15-5-9-17(10-6-15)26-12-11-25-2/h3-10H,11-12H2,1-2H3,(H,22,23). The topological polar surface area (TPSA) is 64.2 Å². The van der Waals surface area contributed by atoms with Crippen LogP contribution in [-0.4, -0.2) is 36.1 Å². The fourth-order valence-electron chi connectivity index (χ4n) is 2.53. The van der Waals surface area contributed by atoms with Gasteiger partial charge in [0.2, 0.25) is 0 Å². The van der Waals surface area contributed by atoms with Gasteiger partial charge >= 0.3 is 0 Å². The first-order chi connectivity index (χ1) is 12.6. The van der Waals surface area contributed by atoms with Gasteiger partial charge in [0.05, 0.1) is 12.3 Å². The van der Waals surface area contributed by atoms with Crippen LogP contribution in [0, 0.1) is 5.82 Å². The molecule has 0 aliphatic heterocycles. The van der Waals surface area contributed by atoms with Gasteiger partial charge in [0.15, 0.2) is 5.78 Å². The average Bonchev–Trinajstić information content (AvgIpc) is 3.09. The number of aromatic amines is 1. The van der Waals surface area contributed by atoms with Gasteiger partial charge < -0.3 is 14.5 Å². The maximum Gasteiger partial charge on any atom is 0.178 e. The van der Waals surface area contributed by atoms with Crippen molar-refractivity contribution in [2.24, 2.45) is 0 Å². The average molecular weight is 354 g/mol. The Balaban J connectivity index is 1.90. The summed E-state index contributed by atoms with van der Waals surface area (Å²) in [4.78, 5) is 19.6. The number of carbonyl (C=O) groups excluding carboxylic acids is 1. The van der Waals surface area contributed by atoms with Gasteiger partial charge in [0.25, 0.3) is 0 Å². The molecule has 0 unspecified atom stereocenters. The lowest BCUT2D eigenvalue weighted by molar-refractivity contribution is 0.101. The molecular weight excluding hydrogens is 335 g/mol. The molecule has 26 heavy (non-hydrogen) atoms. The van der Waals surface area contributed by atoms with E-state index in [1.165, 1.54) is 19.1 Å². The SMILES string of the molecule is COCCOc1ccc(-c2nc(-c3ccc(F)cc3)c(C(C)=O)[nH]2)cc1. The molecule has 2 aromatic carbocycles. The third kappa shape index (κ3) is 3.97. The minimum atomic E-state index is -0.335. The van der Waals surface area contributed by atoms with E-state index in [2.05, 4.69) is 9.97 Å². The number of benzene rings is 2. The molecule has 0 radical (unpaired) electrons. The van der Waals surface area contributed by atoms with Crippen LogP contribution in [0.5, 0.6) is 5.75 Å². The van der Waals surface area contributed by atoms with Gasteiger partial charge in [0, 0.05) is 25.2 Å². The predicted molar refractivity (Wildman–Crippen MR) is 96.8 cm³/mol. The number of halogens is 1. The van der Waals surface area contributed by atoms with Gasteiger partial charge in [-0.3, -0.25) is 4.79 Å². The second-order valence-corrected chi connectivity index (χ2v) is 5.74. The van der Waals surface area contributed by atoms with E-state index in [0.29, 0.717) is 36.0 Å². The number of imidazole rings is 1. The van der Waals surface area contributed by atoms with Crippen LogP contribution in [0.2, 0.25) is 0 Å². The van der Waals surface area contributed by atoms with Crippen LogP contribution in [0.25, 0.3) is 22.6 Å². The molecule has 1 N–H and O–H groups in total. The summed E-state index contributed by atoms with van der Waals surface area (Å²) < 4.78 is 23.7. The smallest absolute Gasteiger partial charge is 0.178 e. The predicted octanol–water partition coefficient (Wildman–Crippen LogP) is 4.11. The van der Waals surface area contributed by atoms with E-state index in [-0.39, 0.29) is 11.6 Å². The van der Waals surface area contributed by atoms with Crippen LogP contribution in [0.3, 0.4) is 0 Å². The van der Waals surface area contributed by atoms with Crippen molar-refractivity contribution in [3.05, 3.63) is 60.0 Å². The number of aromatic nitrogens is 2. The number of methoxy groups -OCH3 is 1. The highest BCUT2D eigenvalue weighted by atomic mass is 19.1. The van der Waals surface area contributed by atoms with Gasteiger partial charge in [-0.1, -0.05) is 0 Å². The van der Waals surface area contributed by atoms with Gasteiger partial charge in [-0.25, -0.2) is 9.37 Å². The molecule has 0 saturated heterocycles. The summed E-state index contributed by atoms with van der Waals surface area (Å²) >= 11 is 0. The highest BCUT2D eigenvalue weighted by Crippen LogP contribution is 2.27. The van der Waals surface area contributed by atoms with Crippen LogP contribution in [0.4, 0.5) is 4.39 Å². The van der Waals surface area contributed by atoms with E-state index in [1.54, 1.807) is 19.2 Å². The van der Waals surface area contributed by atoms with Gasteiger partial charge in [-0.15, -0.1) is 0 Å². The van der Waals surface area contributed by atoms with E-state index < -0.39 is 0 Å². The van der Waals surface area contributed by atoms with Crippen molar-refractivity contribution >= 4 is 5.78 Å². The Kier molecular flexibility index (Phi) is 5.43. The molecule has 134 valence electrons. The number of rotatable bonds is 7. The van der Waals surface area contributed by atoms with Crippen molar-refractivity contribution in [2.75, 3.05) is 20.3 Å². The summed E-state index contributed by atoms with van der Waals surface area (Å²) in [7, 11) is 1.62. The summed E-state index contributed by atoms with van der Waals surface area (Å²) in [5, 5.41) is 0. The molecule has 0 fully saturated rings. The first-order valence-electron chi connectivity index (χ1n) is 8.17. The summed E-state index contributed by atoms with van der Waals surface area (Å²) in [6.07, 6.45) is 0. The molecule has 0 bridgehead atoms. The van der Waals surface area contributed by atoms with Gasteiger partial charge in [0.1, 0.15) is 29.7 Å². The van der Waals surface area contributed by atoms with Crippen molar-refractivity contribution in [1.82, 2.24) is 9.97 Å². The second-order valence-electron chi connectivity index (χ2n) is 5.74. The minimum Gasteiger partial charge on any atom is -0.491 e. The third-order valence-corrected chi connectivity index (χ3v) is 3.86.